The highest BCUT2D eigenvalue weighted by Gasteiger charge is 2.09. The summed E-state index contributed by atoms with van der Waals surface area (Å²) in [6, 6.07) is 8.27. The van der Waals surface area contributed by atoms with Crippen LogP contribution in [0, 0.1) is 5.92 Å². The van der Waals surface area contributed by atoms with Crippen LogP contribution in [0.2, 0.25) is 0 Å². The Balaban J connectivity index is 2.42. The van der Waals surface area contributed by atoms with Gasteiger partial charge in [0.05, 0.1) is 7.11 Å². The smallest absolute Gasteiger partial charge is 0.122 e. The van der Waals surface area contributed by atoms with Gasteiger partial charge < -0.3 is 4.74 Å². The van der Waals surface area contributed by atoms with Crippen LogP contribution >= 0.6 is 15.9 Å². The first kappa shape index (κ1) is 13.6. The first-order valence-electron chi connectivity index (χ1n) is 5.91. The molecule has 0 aliphatic carbocycles. The lowest BCUT2D eigenvalue weighted by Crippen LogP contribution is -2.07. The van der Waals surface area contributed by atoms with Gasteiger partial charge in [-0.3, -0.25) is 0 Å². The van der Waals surface area contributed by atoms with E-state index < -0.39 is 0 Å². The topological polar surface area (TPSA) is 9.23 Å². The molecule has 0 radical (unpaired) electrons. The molecule has 16 heavy (non-hydrogen) atoms. The summed E-state index contributed by atoms with van der Waals surface area (Å²) in [6.45, 7) is 4.50. The molecule has 0 saturated heterocycles. The average molecular weight is 285 g/mol. The summed E-state index contributed by atoms with van der Waals surface area (Å²) in [6.07, 6.45) is 3.52. The van der Waals surface area contributed by atoms with Gasteiger partial charge in [0, 0.05) is 4.83 Å². The summed E-state index contributed by atoms with van der Waals surface area (Å²) in [5.41, 5.74) is 1.31. The SMILES string of the molecule is COc1ccccc1CCCC(Br)C(C)C. The quantitative estimate of drug-likeness (QED) is 0.702. The van der Waals surface area contributed by atoms with Crippen LogP contribution in [-0.4, -0.2) is 11.9 Å². The van der Waals surface area contributed by atoms with Gasteiger partial charge in [0.1, 0.15) is 5.75 Å². The van der Waals surface area contributed by atoms with Crippen molar-refractivity contribution in [1.82, 2.24) is 0 Å². The molecule has 1 rings (SSSR count). The number of halogens is 1. The summed E-state index contributed by atoms with van der Waals surface area (Å²) in [5, 5.41) is 0. The predicted molar refractivity (Wildman–Crippen MR) is 73.5 cm³/mol. The maximum Gasteiger partial charge on any atom is 0.122 e. The molecule has 0 bridgehead atoms. The molecule has 1 nitrogen and oxygen atoms in total. The molecule has 0 heterocycles. The minimum atomic E-state index is 0.627. The summed E-state index contributed by atoms with van der Waals surface area (Å²) in [5.74, 6) is 1.72. The summed E-state index contributed by atoms with van der Waals surface area (Å²) in [4.78, 5) is 0.627. The van der Waals surface area contributed by atoms with Crippen LogP contribution in [0.25, 0.3) is 0 Å². The number of para-hydroxylation sites is 1. The molecule has 0 fully saturated rings. The molecule has 90 valence electrons. The highest BCUT2D eigenvalue weighted by molar-refractivity contribution is 9.09. The Bertz CT molecular complexity index is 309. The molecular formula is C14H21BrO. The van der Waals surface area contributed by atoms with Gasteiger partial charge in [-0.2, -0.15) is 0 Å². The van der Waals surface area contributed by atoms with E-state index in [2.05, 4.69) is 41.9 Å². The van der Waals surface area contributed by atoms with Gasteiger partial charge in [-0.25, -0.2) is 0 Å². The van der Waals surface area contributed by atoms with Crippen molar-refractivity contribution >= 4 is 15.9 Å². The Hall–Kier alpha value is -0.500. The fourth-order valence-electron chi connectivity index (χ4n) is 1.73. The minimum absolute atomic E-state index is 0.627. The van der Waals surface area contributed by atoms with E-state index in [-0.39, 0.29) is 0 Å². The summed E-state index contributed by atoms with van der Waals surface area (Å²) >= 11 is 3.72. The second-order valence-corrected chi connectivity index (χ2v) is 5.64. The molecule has 0 saturated carbocycles. The van der Waals surface area contributed by atoms with Gasteiger partial charge >= 0.3 is 0 Å². The van der Waals surface area contributed by atoms with Crippen molar-refractivity contribution in [2.24, 2.45) is 5.92 Å². The lowest BCUT2D eigenvalue weighted by Gasteiger charge is -2.14. The number of benzene rings is 1. The number of hydrogen-bond donors (Lipinski definition) is 0. The van der Waals surface area contributed by atoms with Gasteiger partial charge in [0.2, 0.25) is 0 Å². The highest BCUT2D eigenvalue weighted by atomic mass is 79.9. The largest absolute Gasteiger partial charge is 0.496 e. The molecule has 1 unspecified atom stereocenters. The van der Waals surface area contributed by atoms with Crippen molar-refractivity contribution in [3.63, 3.8) is 0 Å². The standard InChI is InChI=1S/C14H21BrO/c1-11(2)13(15)9-6-8-12-7-4-5-10-14(12)16-3/h4-5,7,10-11,13H,6,8-9H2,1-3H3. The van der Waals surface area contributed by atoms with E-state index in [9.17, 15) is 0 Å². The average Bonchev–Trinajstić information content (AvgIpc) is 2.29. The molecule has 2 heteroatoms. The third-order valence-electron chi connectivity index (χ3n) is 2.84. The second-order valence-electron chi connectivity index (χ2n) is 4.46. The van der Waals surface area contributed by atoms with Crippen LogP contribution in [0.3, 0.4) is 0 Å². The van der Waals surface area contributed by atoms with Gasteiger partial charge in [-0.15, -0.1) is 0 Å². The molecule has 0 spiro atoms. The molecule has 0 amide bonds. The van der Waals surface area contributed by atoms with Crippen molar-refractivity contribution in [1.29, 1.82) is 0 Å². The third kappa shape index (κ3) is 4.17. The van der Waals surface area contributed by atoms with Crippen LogP contribution in [-0.2, 0) is 6.42 Å². The van der Waals surface area contributed by atoms with E-state index >= 15 is 0 Å². The van der Waals surface area contributed by atoms with Crippen molar-refractivity contribution in [2.45, 2.75) is 37.9 Å². The van der Waals surface area contributed by atoms with Gasteiger partial charge in [-0.1, -0.05) is 48.0 Å². The van der Waals surface area contributed by atoms with Crippen LogP contribution in [0.5, 0.6) is 5.75 Å². The molecule has 1 aromatic rings. The van der Waals surface area contributed by atoms with Gasteiger partial charge in [-0.05, 0) is 36.8 Å². The predicted octanol–water partition coefficient (Wildman–Crippen LogP) is 4.44. The van der Waals surface area contributed by atoms with Crippen LogP contribution in [0.4, 0.5) is 0 Å². The summed E-state index contributed by atoms with van der Waals surface area (Å²) < 4.78 is 5.34. The zero-order valence-electron chi connectivity index (χ0n) is 10.4. The van der Waals surface area contributed by atoms with Crippen LogP contribution in [0.1, 0.15) is 32.3 Å². The van der Waals surface area contributed by atoms with E-state index in [4.69, 9.17) is 4.74 Å². The fourth-order valence-corrected chi connectivity index (χ4v) is 2.05. The zero-order chi connectivity index (χ0) is 12.0. The van der Waals surface area contributed by atoms with E-state index in [1.807, 2.05) is 12.1 Å². The van der Waals surface area contributed by atoms with E-state index in [0.717, 1.165) is 12.2 Å². The lowest BCUT2D eigenvalue weighted by atomic mass is 10.0. The molecule has 0 N–H and O–H groups in total. The number of methoxy groups -OCH3 is 1. The Morgan fingerprint density at radius 3 is 2.56 bits per heavy atom. The highest BCUT2D eigenvalue weighted by Crippen LogP contribution is 2.22. The van der Waals surface area contributed by atoms with Crippen molar-refractivity contribution < 1.29 is 4.74 Å². The first-order chi connectivity index (χ1) is 7.65. The van der Waals surface area contributed by atoms with E-state index in [0.29, 0.717) is 10.7 Å². The maximum absolute atomic E-state index is 5.34. The molecule has 0 aromatic heterocycles. The number of rotatable bonds is 6. The van der Waals surface area contributed by atoms with Gasteiger partial charge in [0.15, 0.2) is 0 Å². The summed E-state index contributed by atoms with van der Waals surface area (Å²) in [7, 11) is 1.74. The third-order valence-corrected chi connectivity index (χ3v) is 4.36. The molecule has 0 aliphatic heterocycles. The second kappa shape index (κ2) is 6.95. The van der Waals surface area contributed by atoms with Crippen LogP contribution < -0.4 is 4.74 Å². The first-order valence-corrected chi connectivity index (χ1v) is 6.82. The Kier molecular flexibility index (Phi) is 5.89. The zero-order valence-corrected chi connectivity index (χ0v) is 12.0. The molecule has 0 aliphatic rings. The minimum Gasteiger partial charge on any atom is -0.496 e. The number of ether oxygens (including phenoxy) is 1. The number of alkyl halides is 1. The molecule has 1 aromatic carbocycles. The Morgan fingerprint density at radius 2 is 1.94 bits per heavy atom. The Morgan fingerprint density at radius 1 is 1.25 bits per heavy atom. The normalized spacial score (nSPS) is 12.8. The van der Waals surface area contributed by atoms with Crippen molar-refractivity contribution in [2.75, 3.05) is 7.11 Å². The van der Waals surface area contributed by atoms with E-state index in [1.165, 1.54) is 18.4 Å². The monoisotopic (exact) mass is 284 g/mol. The maximum atomic E-state index is 5.34. The Labute approximate surface area is 107 Å². The lowest BCUT2D eigenvalue weighted by molar-refractivity contribution is 0.408. The van der Waals surface area contributed by atoms with Crippen molar-refractivity contribution in [3.8, 4) is 5.75 Å². The van der Waals surface area contributed by atoms with Gasteiger partial charge in [0.25, 0.3) is 0 Å². The van der Waals surface area contributed by atoms with Crippen LogP contribution in [0.15, 0.2) is 24.3 Å². The van der Waals surface area contributed by atoms with Crippen molar-refractivity contribution in [3.05, 3.63) is 29.8 Å². The molecule has 1 atom stereocenters. The number of aryl methyl sites for hydroxylation is 1. The fraction of sp³-hybridized carbons (Fsp3) is 0.571. The molecular weight excluding hydrogens is 264 g/mol. The van der Waals surface area contributed by atoms with E-state index in [1.54, 1.807) is 7.11 Å². The number of hydrogen-bond acceptors (Lipinski definition) is 1.